The molecule has 1 aromatic carbocycles. The number of fused-ring (bicyclic) bond motifs is 1. The van der Waals surface area contributed by atoms with E-state index in [4.69, 9.17) is 5.11 Å². The van der Waals surface area contributed by atoms with Crippen LogP contribution in [0.2, 0.25) is 0 Å². The average molecular weight is 190 g/mol. The molecule has 0 aliphatic carbocycles. The highest BCUT2D eigenvalue weighted by atomic mass is 16.3. The van der Waals surface area contributed by atoms with Gasteiger partial charge in [-0.3, -0.25) is 0 Å². The number of benzene rings is 1. The first-order chi connectivity index (χ1) is 6.75. The Hall–Kier alpha value is -1.64. The van der Waals surface area contributed by atoms with Gasteiger partial charge in [-0.15, -0.1) is 0 Å². The first-order valence-corrected chi connectivity index (χ1v) is 4.68. The minimum atomic E-state index is 0.237. The van der Waals surface area contributed by atoms with Gasteiger partial charge in [0.2, 0.25) is 0 Å². The zero-order valence-electron chi connectivity index (χ0n) is 8.65. The molecule has 74 valence electrons. The van der Waals surface area contributed by atoms with Crippen LogP contribution < -0.4 is 0 Å². The molecule has 0 aliphatic rings. The third-order valence-corrected chi connectivity index (χ3v) is 1.69. The molecule has 0 atom stereocenters. The molecule has 0 unspecified atom stereocenters. The van der Waals surface area contributed by atoms with Gasteiger partial charge in [0.15, 0.2) is 0 Å². The number of aryl methyl sites for hydroxylation is 1. The standard InChI is InChI=1S/C9H8N2O.C2H6/c1-6-10-5-7-2-3-8(12)4-9(7)11-6;1-2/h2-5,12H,1H3;1-2H3. The van der Waals surface area contributed by atoms with Crippen LogP contribution in [0.4, 0.5) is 0 Å². The summed E-state index contributed by atoms with van der Waals surface area (Å²) in [6.07, 6.45) is 1.75. The number of phenolic OH excluding ortho intramolecular Hbond substituents is 1. The van der Waals surface area contributed by atoms with E-state index >= 15 is 0 Å². The molecule has 2 aromatic rings. The van der Waals surface area contributed by atoms with Crippen LogP contribution in [0.25, 0.3) is 10.9 Å². The molecule has 1 heterocycles. The quantitative estimate of drug-likeness (QED) is 0.694. The van der Waals surface area contributed by atoms with Gasteiger partial charge >= 0.3 is 0 Å². The predicted octanol–water partition coefficient (Wildman–Crippen LogP) is 2.67. The molecule has 0 saturated carbocycles. The van der Waals surface area contributed by atoms with Crippen LogP contribution in [0, 0.1) is 6.92 Å². The summed E-state index contributed by atoms with van der Waals surface area (Å²) in [6, 6.07) is 5.05. The molecule has 0 fully saturated rings. The number of phenols is 1. The Morgan fingerprint density at radius 1 is 1.21 bits per heavy atom. The van der Waals surface area contributed by atoms with Crippen LogP contribution in [0.1, 0.15) is 19.7 Å². The lowest BCUT2D eigenvalue weighted by Crippen LogP contribution is -1.86. The van der Waals surface area contributed by atoms with Gasteiger partial charge in [0, 0.05) is 17.6 Å². The highest BCUT2D eigenvalue weighted by molar-refractivity contribution is 5.78. The van der Waals surface area contributed by atoms with Crippen LogP contribution in [0.3, 0.4) is 0 Å². The number of hydrogen-bond acceptors (Lipinski definition) is 3. The average Bonchev–Trinajstić information content (AvgIpc) is 2.20. The predicted molar refractivity (Wildman–Crippen MR) is 57.3 cm³/mol. The SMILES string of the molecule is CC.Cc1ncc2ccc(O)cc2n1. The van der Waals surface area contributed by atoms with E-state index in [1.165, 1.54) is 0 Å². The Balaban J connectivity index is 0.000000461. The van der Waals surface area contributed by atoms with Gasteiger partial charge in [-0.05, 0) is 19.1 Å². The topological polar surface area (TPSA) is 46.0 Å². The van der Waals surface area contributed by atoms with E-state index in [1.54, 1.807) is 24.4 Å². The summed E-state index contributed by atoms with van der Waals surface area (Å²) in [4.78, 5) is 8.21. The molecule has 1 N–H and O–H groups in total. The third-order valence-electron chi connectivity index (χ3n) is 1.69. The molecule has 14 heavy (non-hydrogen) atoms. The van der Waals surface area contributed by atoms with Crippen molar-refractivity contribution >= 4 is 10.9 Å². The number of aromatic nitrogens is 2. The van der Waals surface area contributed by atoms with Crippen LogP contribution in [-0.4, -0.2) is 15.1 Å². The third kappa shape index (κ3) is 2.19. The van der Waals surface area contributed by atoms with Crippen molar-refractivity contribution in [2.24, 2.45) is 0 Å². The van der Waals surface area contributed by atoms with E-state index in [9.17, 15) is 0 Å². The van der Waals surface area contributed by atoms with Crippen LogP contribution in [-0.2, 0) is 0 Å². The monoisotopic (exact) mass is 190 g/mol. The fraction of sp³-hybridized carbons (Fsp3) is 0.273. The first-order valence-electron chi connectivity index (χ1n) is 4.68. The maximum atomic E-state index is 9.16. The second-order valence-electron chi connectivity index (χ2n) is 2.66. The summed E-state index contributed by atoms with van der Waals surface area (Å²) in [7, 11) is 0. The van der Waals surface area contributed by atoms with Crippen molar-refractivity contribution in [3.63, 3.8) is 0 Å². The normalized spacial score (nSPS) is 9.36. The van der Waals surface area contributed by atoms with Gasteiger partial charge in [0.1, 0.15) is 11.6 Å². The Morgan fingerprint density at radius 3 is 2.64 bits per heavy atom. The number of rotatable bonds is 0. The zero-order chi connectivity index (χ0) is 10.6. The summed E-state index contributed by atoms with van der Waals surface area (Å²) in [5, 5.41) is 10.1. The highest BCUT2D eigenvalue weighted by Crippen LogP contribution is 2.16. The lowest BCUT2D eigenvalue weighted by Gasteiger charge is -1.97. The fourth-order valence-corrected chi connectivity index (χ4v) is 1.10. The molecular formula is C11H14N2O. The number of hydrogen-bond donors (Lipinski definition) is 1. The Labute approximate surface area is 83.4 Å². The molecule has 0 spiro atoms. The van der Waals surface area contributed by atoms with Gasteiger partial charge in [0.25, 0.3) is 0 Å². The number of nitrogens with zero attached hydrogens (tertiary/aromatic N) is 2. The maximum absolute atomic E-state index is 9.16. The maximum Gasteiger partial charge on any atom is 0.125 e. The van der Waals surface area contributed by atoms with Crippen molar-refractivity contribution < 1.29 is 5.11 Å². The van der Waals surface area contributed by atoms with Crippen molar-refractivity contribution in [3.8, 4) is 5.75 Å². The van der Waals surface area contributed by atoms with Gasteiger partial charge in [0.05, 0.1) is 5.52 Å². The molecule has 0 saturated heterocycles. The van der Waals surface area contributed by atoms with Crippen molar-refractivity contribution in [3.05, 3.63) is 30.2 Å². The minimum absolute atomic E-state index is 0.237. The largest absolute Gasteiger partial charge is 0.508 e. The number of aromatic hydroxyl groups is 1. The van der Waals surface area contributed by atoms with Crippen molar-refractivity contribution in [1.29, 1.82) is 0 Å². The van der Waals surface area contributed by atoms with E-state index in [1.807, 2.05) is 20.8 Å². The molecule has 0 radical (unpaired) electrons. The lowest BCUT2D eigenvalue weighted by molar-refractivity contribution is 0.476. The lowest BCUT2D eigenvalue weighted by atomic mass is 10.2. The zero-order valence-corrected chi connectivity index (χ0v) is 8.65. The second-order valence-corrected chi connectivity index (χ2v) is 2.66. The molecule has 2 rings (SSSR count). The van der Waals surface area contributed by atoms with Crippen LogP contribution in [0.5, 0.6) is 5.75 Å². The molecule has 0 aliphatic heterocycles. The molecule has 3 nitrogen and oxygen atoms in total. The second kappa shape index (κ2) is 4.56. The molecule has 0 bridgehead atoms. The fourth-order valence-electron chi connectivity index (χ4n) is 1.10. The molecule has 0 amide bonds. The Morgan fingerprint density at radius 2 is 1.93 bits per heavy atom. The van der Waals surface area contributed by atoms with Gasteiger partial charge in [-0.25, -0.2) is 9.97 Å². The summed E-state index contributed by atoms with van der Waals surface area (Å²) in [5.74, 6) is 0.953. The Bertz CT molecular complexity index is 390. The summed E-state index contributed by atoms with van der Waals surface area (Å²) in [5.41, 5.74) is 0.780. The molecule has 3 heteroatoms. The van der Waals surface area contributed by atoms with Crippen molar-refractivity contribution in [2.75, 3.05) is 0 Å². The van der Waals surface area contributed by atoms with Crippen LogP contribution >= 0.6 is 0 Å². The Kier molecular flexibility index (Phi) is 3.40. The summed E-state index contributed by atoms with van der Waals surface area (Å²) < 4.78 is 0. The van der Waals surface area contributed by atoms with E-state index in [2.05, 4.69) is 9.97 Å². The van der Waals surface area contributed by atoms with E-state index < -0.39 is 0 Å². The van der Waals surface area contributed by atoms with Crippen molar-refractivity contribution in [2.45, 2.75) is 20.8 Å². The van der Waals surface area contributed by atoms with E-state index in [0.29, 0.717) is 5.82 Å². The van der Waals surface area contributed by atoms with Crippen molar-refractivity contribution in [1.82, 2.24) is 9.97 Å². The first kappa shape index (κ1) is 10.4. The van der Waals surface area contributed by atoms with Gasteiger partial charge < -0.3 is 5.11 Å². The smallest absolute Gasteiger partial charge is 0.125 e. The molecule has 1 aromatic heterocycles. The van der Waals surface area contributed by atoms with Gasteiger partial charge in [-0.1, -0.05) is 13.8 Å². The minimum Gasteiger partial charge on any atom is -0.508 e. The van der Waals surface area contributed by atoms with E-state index in [-0.39, 0.29) is 5.75 Å². The molecular weight excluding hydrogens is 176 g/mol. The van der Waals surface area contributed by atoms with E-state index in [0.717, 1.165) is 10.9 Å². The summed E-state index contributed by atoms with van der Waals surface area (Å²) in [6.45, 7) is 5.82. The van der Waals surface area contributed by atoms with Crippen LogP contribution in [0.15, 0.2) is 24.4 Å². The highest BCUT2D eigenvalue weighted by Gasteiger charge is 1.96. The van der Waals surface area contributed by atoms with Gasteiger partial charge in [-0.2, -0.15) is 0 Å². The summed E-state index contributed by atoms with van der Waals surface area (Å²) >= 11 is 0.